The molecule has 3 nitrogen and oxygen atoms in total. The zero-order valence-corrected chi connectivity index (χ0v) is 55.9. The number of hydrogen-bond donors (Lipinski definition) is 0. The molecule has 446 valence electrons. The average molecular weight is 1150 g/mol. The third-order valence-corrected chi connectivity index (χ3v) is 22.0. The molecule has 4 heteroatoms. The molecule has 3 heterocycles. The second-order valence-corrected chi connectivity index (χ2v) is 32.3. The largest absolute Gasteiger partial charge is 0.334 e. The average Bonchev–Trinajstić information content (AvgIpc) is 1.21. The third-order valence-electron chi connectivity index (χ3n) is 22.0. The lowest BCUT2D eigenvalue weighted by Gasteiger charge is -2.51. The highest BCUT2D eigenvalue weighted by molar-refractivity contribution is 7.00. The van der Waals surface area contributed by atoms with E-state index in [2.05, 4.69) is 314 Å². The van der Waals surface area contributed by atoms with Crippen molar-refractivity contribution in [2.24, 2.45) is 0 Å². The molecule has 0 radical (unpaired) electrons. The lowest BCUT2D eigenvalue weighted by Crippen LogP contribution is -2.62. The molecule has 88 heavy (non-hydrogen) atoms. The zero-order chi connectivity index (χ0) is 62.0. The van der Waals surface area contributed by atoms with E-state index in [4.69, 9.17) is 0 Å². The maximum atomic E-state index is 2.86. The van der Waals surface area contributed by atoms with Crippen LogP contribution >= 0.6 is 0 Å². The lowest BCUT2D eigenvalue weighted by atomic mass is 9.33. The van der Waals surface area contributed by atoms with E-state index in [1.54, 1.807) is 0 Å². The van der Waals surface area contributed by atoms with Gasteiger partial charge in [-0.25, -0.2) is 0 Å². The molecular weight excluding hydrogens is 1060 g/mol. The predicted molar refractivity (Wildman–Crippen MR) is 380 cm³/mol. The SMILES string of the molecule is CC(C)c1ccc2c(c1)N(c1ccc(C(C)(C)C)cc1-c1ccccc1)c1cc(N3c4ccc(-c5ccc(C(C)(C)C)cc5)cc4C4(C)CCCCC34C)cc3c1B2c1cc2c(cc1N3c1ccc(C(C)(C)C)cc1-c1ccccc1)C(C)(C)CC2(C)C. The van der Waals surface area contributed by atoms with Gasteiger partial charge in [0, 0.05) is 50.7 Å². The molecule has 3 aliphatic heterocycles. The Morgan fingerprint density at radius 2 is 0.886 bits per heavy atom. The van der Waals surface area contributed by atoms with Crippen LogP contribution in [0.15, 0.2) is 182 Å². The topological polar surface area (TPSA) is 9.72 Å². The molecule has 14 rings (SSSR count). The van der Waals surface area contributed by atoms with E-state index in [1.165, 1.54) is 147 Å². The van der Waals surface area contributed by atoms with Crippen molar-refractivity contribution in [1.29, 1.82) is 0 Å². The van der Waals surface area contributed by atoms with Gasteiger partial charge in [0.25, 0.3) is 6.71 Å². The number of nitrogens with zero attached hydrogens (tertiary/aromatic N) is 3. The minimum atomic E-state index is -0.230. The summed E-state index contributed by atoms with van der Waals surface area (Å²) < 4.78 is 0. The summed E-state index contributed by atoms with van der Waals surface area (Å²) in [6, 6.07) is 72.5. The van der Waals surface area contributed by atoms with Crippen LogP contribution in [0, 0.1) is 0 Å². The van der Waals surface area contributed by atoms with Gasteiger partial charge >= 0.3 is 0 Å². The van der Waals surface area contributed by atoms with Gasteiger partial charge in [-0.3, -0.25) is 0 Å². The van der Waals surface area contributed by atoms with Crippen LogP contribution in [0.3, 0.4) is 0 Å². The molecule has 2 unspecified atom stereocenters. The highest BCUT2D eigenvalue weighted by atomic mass is 15.3. The quantitative estimate of drug-likeness (QED) is 0.147. The van der Waals surface area contributed by atoms with Crippen LogP contribution in [0.5, 0.6) is 0 Å². The summed E-state index contributed by atoms with van der Waals surface area (Å²) in [7, 11) is 0. The highest BCUT2D eigenvalue weighted by Crippen LogP contribution is 2.63. The smallest absolute Gasteiger partial charge is 0.252 e. The molecule has 0 amide bonds. The van der Waals surface area contributed by atoms with Crippen LogP contribution in [0.1, 0.15) is 195 Å². The summed E-state index contributed by atoms with van der Waals surface area (Å²) in [5, 5.41) is 0. The van der Waals surface area contributed by atoms with Crippen molar-refractivity contribution < 1.29 is 0 Å². The normalized spacial score (nSPS) is 19.7. The van der Waals surface area contributed by atoms with Gasteiger partial charge in [-0.1, -0.05) is 245 Å². The first-order valence-electron chi connectivity index (χ1n) is 33.1. The van der Waals surface area contributed by atoms with Crippen LogP contribution in [0.4, 0.5) is 45.5 Å². The van der Waals surface area contributed by atoms with Gasteiger partial charge in [0.05, 0.1) is 16.9 Å². The van der Waals surface area contributed by atoms with Crippen molar-refractivity contribution in [2.45, 2.75) is 194 Å². The number of fused-ring (bicyclic) bond motifs is 8. The molecule has 9 aromatic carbocycles. The molecule has 5 aliphatic rings. The molecule has 0 N–H and O–H groups in total. The Morgan fingerprint density at radius 3 is 1.42 bits per heavy atom. The Bertz CT molecular complexity index is 4260. The summed E-state index contributed by atoms with van der Waals surface area (Å²) in [5.41, 5.74) is 31.0. The Balaban J connectivity index is 1.14. The molecule has 2 aliphatic carbocycles. The molecule has 1 fully saturated rings. The van der Waals surface area contributed by atoms with Crippen molar-refractivity contribution in [3.8, 4) is 33.4 Å². The van der Waals surface area contributed by atoms with E-state index in [-0.39, 0.29) is 44.7 Å². The first-order chi connectivity index (χ1) is 41.6. The van der Waals surface area contributed by atoms with E-state index in [1.807, 2.05) is 0 Å². The van der Waals surface area contributed by atoms with Gasteiger partial charge in [-0.15, -0.1) is 0 Å². The summed E-state index contributed by atoms with van der Waals surface area (Å²) in [6.07, 6.45) is 5.72. The van der Waals surface area contributed by atoms with Crippen molar-refractivity contribution in [1.82, 2.24) is 0 Å². The fourth-order valence-electron chi connectivity index (χ4n) is 17.0. The van der Waals surface area contributed by atoms with Crippen LogP contribution in [0.2, 0.25) is 0 Å². The molecule has 0 aromatic heterocycles. The number of anilines is 8. The summed E-state index contributed by atoms with van der Waals surface area (Å²) >= 11 is 0. The zero-order valence-electron chi connectivity index (χ0n) is 55.9. The Kier molecular flexibility index (Phi) is 13.2. The summed E-state index contributed by atoms with van der Waals surface area (Å²) in [5.74, 6) is 0.326. The molecule has 9 aromatic rings. The monoisotopic (exact) mass is 1150 g/mol. The molecular formula is C84H92BN3. The van der Waals surface area contributed by atoms with Gasteiger partial charge in [0.1, 0.15) is 0 Å². The number of hydrogen-bond acceptors (Lipinski definition) is 3. The standard InChI is InChI=1S/C84H92BN3/c1-53(2)57-32-38-68-73(45-57)86(70-40-36-60(79(6,7)8)46-63(70)55-26-20-18-21-27-55)75-48-62(88-72-39-33-58(54-30-34-59(35-31-54)78(3,4)5)44-67(72)83(16)42-24-25-43-84(83,88)17)49-76-77(75)85(68)69-50-65-66(82(14,15)52-81(65,12)13)51-74(69)87(76)71-41-37-61(80(9,10)11)47-64(71)56-28-22-19-23-29-56/h18-23,26-41,44-51,53H,24-25,42-43,52H2,1-17H3. The lowest BCUT2D eigenvalue weighted by molar-refractivity contribution is 0.195. The maximum Gasteiger partial charge on any atom is 0.252 e. The van der Waals surface area contributed by atoms with Crippen LogP contribution in [-0.4, -0.2) is 12.3 Å². The molecule has 0 saturated heterocycles. The number of benzene rings is 9. The van der Waals surface area contributed by atoms with E-state index in [0.29, 0.717) is 5.92 Å². The van der Waals surface area contributed by atoms with Gasteiger partial charge in [0.2, 0.25) is 0 Å². The molecule has 2 atom stereocenters. The van der Waals surface area contributed by atoms with Gasteiger partial charge < -0.3 is 14.7 Å². The third kappa shape index (κ3) is 9.02. The first-order valence-corrected chi connectivity index (χ1v) is 33.1. The van der Waals surface area contributed by atoms with Crippen LogP contribution in [0.25, 0.3) is 33.4 Å². The fourth-order valence-corrected chi connectivity index (χ4v) is 17.0. The van der Waals surface area contributed by atoms with Gasteiger partial charge in [-0.2, -0.15) is 0 Å². The van der Waals surface area contributed by atoms with Crippen molar-refractivity contribution in [3.63, 3.8) is 0 Å². The number of rotatable bonds is 7. The van der Waals surface area contributed by atoms with E-state index in [0.717, 1.165) is 19.3 Å². The van der Waals surface area contributed by atoms with E-state index < -0.39 is 0 Å². The summed E-state index contributed by atoms with van der Waals surface area (Å²) in [4.78, 5) is 8.37. The maximum absolute atomic E-state index is 2.86. The van der Waals surface area contributed by atoms with Crippen molar-refractivity contribution in [2.75, 3.05) is 14.7 Å². The second kappa shape index (κ2) is 20.0. The minimum absolute atomic E-state index is 0.0133. The highest BCUT2D eigenvalue weighted by Gasteiger charge is 2.58. The summed E-state index contributed by atoms with van der Waals surface area (Å²) in [6.45, 7) is 41.0. The first kappa shape index (κ1) is 58.1. The van der Waals surface area contributed by atoms with E-state index >= 15 is 0 Å². The predicted octanol–water partition coefficient (Wildman–Crippen LogP) is 21.5. The van der Waals surface area contributed by atoms with Crippen LogP contribution in [-0.2, 0) is 32.5 Å². The Labute approximate surface area is 528 Å². The molecule has 0 spiro atoms. The van der Waals surface area contributed by atoms with E-state index in [9.17, 15) is 0 Å². The Morgan fingerprint density at radius 1 is 0.398 bits per heavy atom. The van der Waals surface area contributed by atoms with Crippen LogP contribution < -0.4 is 31.1 Å². The fraction of sp³-hybridized carbons (Fsp3) is 0.357. The van der Waals surface area contributed by atoms with Gasteiger partial charge in [-0.05, 0) is 197 Å². The van der Waals surface area contributed by atoms with Crippen molar-refractivity contribution in [3.05, 3.63) is 221 Å². The van der Waals surface area contributed by atoms with Gasteiger partial charge in [0.15, 0.2) is 0 Å². The van der Waals surface area contributed by atoms with Crippen molar-refractivity contribution >= 4 is 68.6 Å². The minimum Gasteiger partial charge on any atom is -0.334 e. The second-order valence-electron chi connectivity index (χ2n) is 32.3. The Hall–Kier alpha value is -7.56. The molecule has 0 bridgehead atoms. The molecule has 1 saturated carbocycles.